The number of benzene rings is 2. The molecule has 2 aromatic heterocycles. The lowest BCUT2D eigenvalue weighted by atomic mass is 10.1. The summed E-state index contributed by atoms with van der Waals surface area (Å²) in [5, 5.41) is 2.22. The van der Waals surface area contributed by atoms with Gasteiger partial charge in [-0.3, -0.25) is 9.78 Å². The van der Waals surface area contributed by atoms with Gasteiger partial charge in [0, 0.05) is 39.2 Å². The fourth-order valence-electron chi connectivity index (χ4n) is 2.74. The number of aromatic nitrogens is 2. The van der Waals surface area contributed by atoms with Crippen LogP contribution in [0.3, 0.4) is 0 Å². The van der Waals surface area contributed by atoms with E-state index in [1.807, 2.05) is 42.6 Å². The van der Waals surface area contributed by atoms with Crippen molar-refractivity contribution >= 4 is 33.6 Å². The van der Waals surface area contributed by atoms with Gasteiger partial charge in [-0.25, -0.2) is 0 Å². The van der Waals surface area contributed by atoms with Crippen LogP contribution in [-0.2, 0) is 5.75 Å². The molecule has 4 rings (SSSR count). The first-order valence-corrected chi connectivity index (χ1v) is 8.37. The molecule has 0 unspecified atom stereocenters. The number of fused-ring (bicyclic) bond motifs is 2. The number of rotatable bonds is 3. The minimum Gasteiger partial charge on any atom is -0.322 e. The number of pyridine rings is 2. The fourth-order valence-corrected chi connectivity index (χ4v) is 3.78. The van der Waals surface area contributed by atoms with Crippen LogP contribution >= 0.6 is 11.8 Å². The van der Waals surface area contributed by atoms with E-state index in [0.29, 0.717) is 0 Å². The van der Waals surface area contributed by atoms with E-state index in [1.54, 1.807) is 17.8 Å². The molecule has 4 heteroatoms. The molecule has 2 aromatic carbocycles. The zero-order chi connectivity index (χ0) is 15.6. The van der Waals surface area contributed by atoms with Crippen molar-refractivity contribution in [1.82, 2.24) is 9.97 Å². The van der Waals surface area contributed by atoms with Crippen molar-refractivity contribution in [3.8, 4) is 0 Å². The van der Waals surface area contributed by atoms with Crippen molar-refractivity contribution in [2.24, 2.45) is 0 Å². The summed E-state index contributed by atoms with van der Waals surface area (Å²) in [6.45, 7) is 0. The van der Waals surface area contributed by atoms with Crippen LogP contribution in [-0.4, -0.2) is 9.97 Å². The van der Waals surface area contributed by atoms with Gasteiger partial charge in [0.1, 0.15) is 0 Å². The van der Waals surface area contributed by atoms with E-state index >= 15 is 0 Å². The monoisotopic (exact) mass is 318 g/mol. The van der Waals surface area contributed by atoms with E-state index in [0.717, 1.165) is 38.0 Å². The molecule has 0 aliphatic rings. The van der Waals surface area contributed by atoms with Crippen LogP contribution in [0.5, 0.6) is 0 Å². The maximum absolute atomic E-state index is 11.9. The molecule has 0 spiro atoms. The molecule has 0 saturated heterocycles. The molecule has 23 heavy (non-hydrogen) atoms. The first-order chi connectivity index (χ1) is 11.3. The molecule has 0 aliphatic carbocycles. The van der Waals surface area contributed by atoms with Crippen molar-refractivity contribution in [1.29, 1.82) is 0 Å². The zero-order valence-electron chi connectivity index (χ0n) is 12.3. The molecule has 0 saturated carbocycles. The van der Waals surface area contributed by atoms with Gasteiger partial charge in [0.05, 0.1) is 5.52 Å². The molecule has 0 atom stereocenters. The molecule has 0 amide bonds. The molecular formula is C19H14N2OS. The van der Waals surface area contributed by atoms with Crippen molar-refractivity contribution in [2.45, 2.75) is 10.6 Å². The predicted octanol–water partition coefficient (Wildman–Crippen LogP) is 4.37. The lowest BCUT2D eigenvalue weighted by molar-refractivity contribution is 1.26. The number of H-pyrrole nitrogens is 1. The summed E-state index contributed by atoms with van der Waals surface area (Å²) in [7, 11) is 0. The van der Waals surface area contributed by atoms with Gasteiger partial charge in [-0.1, -0.05) is 36.4 Å². The minimum atomic E-state index is -0.0599. The van der Waals surface area contributed by atoms with E-state index in [9.17, 15) is 4.79 Å². The van der Waals surface area contributed by atoms with Crippen LogP contribution < -0.4 is 5.56 Å². The summed E-state index contributed by atoms with van der Waals surface area (Å²) in [6, 6.07) is 19.8. The summed E-state index contributed by atoms with van der Waals surface area (Å²) in [6.07, 6.45) is 1.81. The van der Waals surface area contributed by atoms with Crippen LogP contribution in [0.25, 0.3) is 21.8 Å². The average Bonchev–Trinajstić information content (AvgIpc) is 2.59. The van der Waals surface area contributed by atoms with Crippen molar-refractivity contribution in [3.05, 3.63) is 82.8 Å². The molecule has 0 bridgehead atoms. The number of hydrogen-bond acceptors (Lipinski definition) is 3. The molecule has 0 radical (unpaired) electrons. The summed E-state index contributed by atoms with van der Waals surface area (Å²) < 4.78 is 0. The lowest BCUT2D eigenvalue weighted by Gasteiger charge is -2.08. The highest BCUT2D eigenvalue weighted by atomic mass is 32.2. The average molecular weight is 318 g/mol. The van der Waals surface area contributed by atoms with Crippen molar-refractivity contribution in [2.75, 3.05) is 0 Å². The van der Waals surface area contributed by atoms with Crippen LogP contribution in [0.1, 0.15) is 5.56 Å². The smallest absolute Gasteiger partial charge is 0.248 e. The van der Waals surface area contributed by atoms with Gasteiger partial charge < -0.3 is 4.98 Å². The molecular weight excluding hydrogens is 304 g/mol. The van der Waals surface area contributed by atoms with E-state index in [-0.39, 0.29) is 5.56 Å². The van der Waals surface area contributed by atoms with Gasteiger partial charge in [0.15, 0.2) is 0 Å². The fraction of sp³-hybridized carbons (Fsp3) is 0.0526. The standard InChI is InChI=1S/C19H14N2OS/c22-18-11-14(15-7-1-2-8-16(15)21-18)12-23-17-9-3-5-13-6-4-10-20-19(13)17/h1-11H,12H2,(H,21,22). The van der Waals surface area contributed by atoms with Gasteiger partial charge >= 0.3 is 0 Å². The largest absolute Gasteiger partial charge is 0.322 e. The Morgan fingerprint density at radius 2 is 1.87 bits per heavy atom. The highest BCUT2D eigenvalue weighted by Crippen LogP contribution is 2.30. The number of aromatic amines is 1. The first-order valence-electron chi connectivity index (χ1n) is 7.39. The summed E-state index contributed by atoms with van der Waals surface area (Å²) in [5.74, 6) is 0.736. The number of nitrogens with one attached hydrogen (secondary N) is 1. The maximum atomic E-state index is 11.9. The van der Waals surface area contributed by atoms with E-state index in [2.05, 4.69) is 28.2 Å². The minimum absolute atomic E-state index is 0.0599. The Hall–Kier alpha value is -2.59. The topological polar surface area (TPSA) is 45.8 Å². The van der Waals surface area contributed by atoms with Crippen LogP contribution in [0.2, 0.25) is 0 Å². The van der Waals surface area contributed by atoms with Crippen LogP contribution in [0, 0.1) is 0 Å². The Morgan fingerprint density at radius 3 is 2.83 bits per heavy atom. The molecule has 4 aromatic rings. The van der Waals surface area contributed by atoms with Gasteiger partial charge in [0.2, 0.25) is 5.56 Å². The Kier molecular flexibility index (Phi) is 3.60. The first kappa shape index (κ1) is 14.0. The lowest BCUT2D eigenvalue weighted by Crippen LogP contribution is -2.05. The van der Waals surface area contributed by atoms with Crippen LogP contribution in [0.4, 0.5) is 0 Å². The van der Waals surface area contributed by atoms with Crippen molar-refractivity contribution < 1.29 is 0 Å². The van der Waals surface area contributed by atoms with E-state index in [1.165, 1.54) is 0 Å². The third-order valence-electron chi connectivity index (χ3n) is 3.82. The predicted molar refractivity (Wildman–Crippen MR) is 95.9 cm³/mol. The second kappa shape index (κ2) is 5.89. The Morgan fingerprint density at radius 1 is 1.00 bits per heavy atom. The normalized spacial score (nSPS) is 11.1. The van der Waals surface area contributed by atoms with Gasteiger partial charge in [0.25, 0.3) is 0 Å². The third-order valence-corrected chi connectivity index (χ3v) is 4.91. The van der Waals surface area contributed by atoms with E-state index < -0.39 is 0 Å². The third kappa shape index (κ3) is 2.73. The highest BCUT2D eigenvalue weighted by Gasteiger charge is 2.06. The maximum Gasteiger partial charge on any atom is 0.248 e. The van der Waals surface area contributed by atoms with E-state index in [4.69, 9.17) is 0 Å². The number of para-hydroxylation sites is 2. The second-order valence-corrected chi connectivity index (χ2v) is 6.34. The second-order valence-electron chi connectivity index (χ2n) is 5.32. The number of hydrogen-bond donors (Lipinski definition) is 1. The number of nitrogens with zero attached hydrogens (tertiary/aromatic N) is 1. The quantitative estimate of drug-likeness (QED) is 0.571. The van der Waals surface area contributed by atoms with Crippen LogP contribution in [0.15, 0.2) is 76.6 Å². The zero-order valence-corrected chi connectivity index (χ0v) is 13.1. The molecule has 0 fully saturated rings. The van der Waals surface area contributed by atoms with Crippen molar-refractivity contribution in [3.63, 3.8) is 0 Å². The van der Waals surface area contributed by atoms with Gasteiger partial charge in [-0.2, -0.15) is 0 Å². The van der Waals surface area contributed by atoms with Gasteiger partial charge in [-0.15, -0.1) is 11.8 Å². The molecule has 3 nitrogen and oxygen atoms in total. The number of thioether (sulfide) groups is 1. The molecule has 112 valence electrons. The Labute approximate surface area is 137 Å². The summed E-state index contributed by atoms with van der Waals surface area (Å²) in [5.41, 5.74) is 2.87. The molecule has 2 heterocycles. The summed E-state index contributed by atoms with van der Waals surface area (Å²) in [4.78, 5) is 20.3. The Bertz CT molecular complexity index is 1050. The highest BCUT2D eigenvalue weighted by molar-refractivity contribution is 7.98. The Balaban J connectivity index is 1.73. The summed E-state index contributed by atoms with van der Waals surface area (Å²) >= 11 is 1.71. The molecule has 1 N–H and O–H groups in total. The molecule has 0 aliphatic heterocycles. The SMILES string of the molecule is O=c1cc(CSc2cccc3cccnc23)c2ccccc2[nH]1. The van der Waals surface area contributed by atoms with Gasteiger partial charge in [-0.05, 0) is 23.8 Å².